The summed E-state index contributed by atoms with van der Waals surface area (Å²) in [5.41, 5.74) is 0.993. The number of nitrogens with zero attached hydrogens (tertiary/aromatic N) is 1. The van der Waals surface area contributed by atoms with Crippen molar-refractivity contribution < 1.29 is 18.3 Å². The predicted octanol–water partition coefficient (Wildman–Crippen LogP) is 3.61. The lowest BCUT2D eigenvalue weighted by atomic mass is 10.0. The van der Waals surface area contributed by atoms with Gasteiger partial charge in [0.25, 0.3) is 0 Å². The predicted molar refractivity (Wildman–Crippen MR) is 62.0 cm³/mol. The van der Waals surface area contributed by atoms with Crippen molar-refractivity contribution in [2.45, 2.75) is 25.1 Å². The third kappa shape index (κ3) is 2.98. The Bertz CT molecular complexity index is 534. The van der Waals surface area contributed by atoms with Crippen LogP contribution in [-0.2, 0) is 0 Å². The number of benzene rings is 1. The van der Waals surface area contributed by atoms with E-state index in [1.807, 2.05) is 12.1 Å². The summed E-state index contributed by atoms with van der Waals surface area (Å²) in [7, 11) is 0. The monoisotopic (exact) mass is 255 g/mol. The molecule has 0 aliphatic heterocycles. The molecule has 2 nitrogen and oxygen atoms in total. The van der Waals surface area contributed by atoms with E-state index in [0.29, 0.717) is 11.1 Å². The molecule has 1 aromatic carbocycles. The smallest absolute Gasteiger partial charge is 0.388 e. The van der Waals surface area contributed by atoms with Crippen molar-refractivity contribution in [2.24, 2.45) is 0 Å². The number of para-hydroxylation sites is 1. The van der Waals surface area contributed by atoms with Crippen LogP contribution >= 0.6 is 0 Å². The molecule has 0 spiro atoms. The zero-order valence-corrected chi connectivity index (χ0v) is 9.48. The number of hydrogen-bond donors (Lipinski definition) is 1. The van der Waals surface area contributed by atoms with E-state index in [0.717, 1.165) is 5.39 Å². The van der Waals surface area contributed by atoms with Gasteiger partial charge in [0.15, 0.2) is 0 Å². The fourth-order valence-electron chi connectivity index (χ4n) is 1.85. The van der Waals surface area contributed by atoms with Crippen LogP contribution in [0.1, 0.15) is 24.5 Å². The number of aliphatic hydroxyl groups is 1. The second-order valence-electron chi connectivity index (χ2n) is 4.09. The molecule has 1 aromatic heterocycles. The van der Waals surface area contributed by atoms with E-state index in [9.17, 15) is 18.3 Å². The van der Waals surface area contributed by atoms with Gasteiger partial charge in [0.05, 0.1) is 11.6 Å². The maximum atomic E-state index is 12.1. The van der Waals surface area contributed by atoms with Crippen LogP contribution in [0.4, 0.5) is 13.2 Å². The van der Waals surface area contributed by atoms with Crippen molar-refractivity contribution in [1.29, 1.82) is 0 Å². The molecule has 1 heterocycles. The van der Waals surface area contributed by atoms with E-state index in [1.54, 1.807) is 24.4 Å². The number of aliphatic hydroxyl groups excluding tert-OH is 1. The van der Waals surface area contributed by atoms with Crippen molar-refractivity contribution in [3.63, 3.8) is 0 Å². The molecule has 5 heteroatoms. The fraction of sp³-hybridized carbons (Fsp3) is 0.308. The summed E-state index contributed by atoms with van der Waals surface area (Å²) in [4.78, 5) is 4.11. The first-order valence-corrected chi connectivity index (χ1v) is 5.56. The van der Waals surface area contributed by atoms with E-state index in [-0.39, 0.29) is 6.42 Å². The molecule has 0 bridgehead atoms. The van der Waals surface area contributed by atoms with E-state index in [4.69, 9.17) is 0 Å². The van der Waals surface area contributed by atoms with Crippen LogP contribution in [0, 0.1) is 0 Å². The molecule has 0 saturated heterocycles. The Labute approximate surface area is 102 Å². The van der Waals surface area contributed by atoms with Gasteiger partial charge in [-0.3, -0.25) is 4.98 Å². The molecule has 18 heavy (non-hydrogen) atoms. The highest BCUT2D eigenvalue weighted by Gasteiger charge is 2.28. The highest BCUT2D eigenvalue weighted by molar-refractivity contribution is 5.81. The summed E-state index contributed by atoms with van der Waals surface area (Å²) in [5, 5.41) is 10.6. The van der Waals surface area contributed by atoms with Crippen molar-refractivity contribution in [1.82, 2.24) is 4.98 Å². The van der Waals surface area contributed by atoms with Crippen molar-refractivity contribution in [3.8, 4) is 0 Å². The topological polar surface area (TPSA) is 33.1 Å². The first-order valence-electron chi connectivity index (χ1n) is 5.56. The fourth-order valence-corrected chi connectivity index (χ4v) is 1.85. The second kappa shape index (κ2) is 4.94. The number of rotatable bonds is 3. The third-order valence-corrected chi connectivity index (χ3v) is 2.72. The van der Waals surface area contributed by atoms with Crippen molar-refractivity contribution in [3.05, 3.63) is 42.1 Å². The summed E-state index contributed by atoms with van der Waals surface area (Å²) in [6.07, 6.45) is -5.19. The average Bonchev–Trinajstić information content (AvgIpc) is 2.34. The van der Waals surface area contributed by atoms with Gasteiger partial charge in [-0.15, -0.1) is 0 Å². The Morgan fingerprint density at radius 3 is 2.61 bits per heavy atom. The first kappa shape index (κ1) is 12.8. The standard InChI is InChI=1S/C13H12F3NO/c14-13(15,16)7-6-11(18)10-5-1-3-9-4-2-8-17-12(9)10/h1-5,8,11,18H,6-7H2. The van der Waals surface area contributed by atoms with E-state index >= 15 is 0 Å². The minimum Gasteiger partial charge on any atom is -0.388 e. The average molecular weight is 255 g/mol. The Hall–Kier alpha value is -1.62. The van der Waals surface area contributed by atoms with Gasteiger partial charge in [0.1, 0.15) is 0 Å². The first-order chi connectivity index (χ1) is 8.47. The lowest BCUT2D eigenvalue weighted by Crippen LogP contribution is -2.10. The maximum absolute atomic E-state index is 12.1. The second-order valence-corrected chi connectivity index (χ2v) is 4.09. The van der Waals surface area contributed by atoms with Gasteiger partial charge in [-0.05, 0) is 12.5 Å². The Kier molecular flexibility index (Phi) is 3.52. The van der Waals surface area contributed by atoms with Gasteiger partial charge in [-0.2, -0.15) is 13.2 Å². The highest BCUT2D eigenvalue weighted by atomic mass is 19.4. The maximum Gasteiger partial charge on any atom is 0.389 e. The van der Waals surface area contributed by atoms with Gasteiger partial charge in [-0.25, -0.2) is 0 Å². The number of fused-ring (bicyclic) bond motifs is 1. The van der Waals surface area contributed by atoms with Gasteiger partial charge in [0.2, 0.25) is 0 Å². The normalized spacial score (nSPS) is 13.8. The number of alkyl halides is 3. The van der Waals surface area contributed by atoms with Crippen LogP contribution in [-0.4, -0.2) is 16.3 Å². The SMILES string of the molecule is OC(CCC(F)(F)F)c1cccc2cccnc12. The molecule has 2 aromatic rings. The van der Waals surface area contributed by atoms with Crippen LogP contribution in [0.2, 0.25) is 0 Å². The lowest BCUT2D eigenvalue weighted by molar-refractivity contribution is -0.140. The van der Waals surface area contributed by atoms with Gasteiger partial charge in [0, 0.05) is 23.6 Å². The molecule has 0 aliphatic rings. The van der Waals surface area contributed by atoms with Crippen LogP contribution in [0.25, 0.3) is 10.9 Å². The zero-order chi connectivity index (χ0) is 13.2. The van der Waals surface area contributed by atoms with E-state index in [2.05, 4.69) is 4.98 Å². The highest BCUT2D eigenvalue weighted by Crippen LogP contribution is 2.30. The molecule has 1 N–H and O–H groups in total. The van der Waals surface area contributed by atoms with Crippen LogP contribution < -0.4 is 0 Å². The Balaban J connectivity index is 2.25. The molecule has 2 rings (SSSR count). The molecule has 1 atom stereocenters. The van der Waals surface area contributed by atoms with Gasteiger partial charge >= 0.3 is 6.18 Å². The summed E-state index contributed by atoms with van der Waals surface area (Å²) < 4.78 is 36.4. The Morgan fingerprint density at radius 2 is 1.89 bits per heavy atom. The van der Waals surface area contributed by atoms with Crippen molar-refractivity contribution >= 4 is 10.9 Å². The lowest BCUT2D eigenvalue weighted by Gasteiger charge is -2.14. The summed E-state index contributed by atoms with van der Waals surface area (Å²) in [5.74, 6) is 0. The van der Waals surface area contributed by atoms with Gasteiger partial charge < -0.3 is 5.11 Å². The van der Waals surface area contributed by atoms with Crippen LogP contribution in [0.5, 0.6) is 0 Å². The summed E-state index contributed by atoms with van der Waals surface area (Å²) >= 11 is 0. The number of halogens is 3. The molecule has 0 amide bonds. The molecule has 1 unspecified atom stereocenters. The number of aromatic nitrogens is 1. The number of hydrogen-bond acceptors (Lipinski definition) is 2. The molecule has 96 valence electrons. The molecule has 0 radical (unpaired) electrons. The molecule has 0 saturated carbocycles. The summed E-state index contributed by atoms with van der Waals surface area (Å²) in [6, 6.07) is 8.67. The van der Waals surface area contributed by atoms with Crippen LogP contribution in [0.15, 0.2) is 36.5 Å². The van der Waals surface area contributed by atoms with Gasteiger partial charge in [-0.1, -0.05) is 24.3 Å². The molecular formula is C13H12F3NO. The van der Waals surface area contributed by atoms with Crippen LogP contribution in [0.3, 0.4) is 0 Å². The molecule has 0 aliphatic carbocycles. The largest absolute Gasteiger partial charge is 0.389 e. The van der Waals surface area contributed by atoms with E-state index in [1.165, 1.54) is 0 Å². The zero-order valence-electron chi connectivity index (χ0n) is 9.48. The quantitative estimate of drug-likeness (QED) is 0.908. The minimum atomic E-state index is -4.25. The van der Waals surface area contributed by atoms with Crippen molar-refractivity contribution in [2.75, 3.05) is 0 Å². The summed E-state index contributed by atoms with van der Waals surface area (Å²) in [6.45, 7) is 0. The molecule has 0 fully saturated rings. The molecular weight excluding hydrogens is 243 g/mol. The third-order valence-electron chi connectivity index (χ3n) is 2.72. The minimum absolute atomic E-state index is 0.348. The number of pyridine rings is 1. The Morgan fingerprint density at radius 1 is 1.17 bits per heavy atom. The van der Waals surface area contributed by atoms with E-state index < -0.39 is 18.7 Å².